The van der Waals surface area contributed by atoms with E-state index < -0.39 is 0 Å². The van der Waals surface area contributed by atoms with Gasteiger partial charge in [0.2, 0.25) is 11.8 Å². The van der Waals surface area contributed by atoms with Crippen molar-refractivity contribution >= 4 is 17.5 Å². The lowest BCUT2D eigenvalue weighted by atomic mass is 10.1. The van der Waals surface area contributed by atoms with Crippen molar-refractivity contribution in [3.05, 3.63) is 89.2 Å². The highest BCUT2D eigenvalue weighted by molar-refractivity contribution is 6.00. The maximum Gasteiger partial charge on any atom is 0.227 e. The van der Waals surface area contributed by atoms with Crippen LogP contribution in [-0.2, 0) is 16.1 Å². The lowest BCUT2D eigenvalue weighted by Gasteiger charge is -2.18. The monoisotopic (exact) mass is 432 g/mol. The van der Waals surface area contributed by atoms with Crippen LogP contribution in [0.5, 0.6) is 11.5 Å². The Balaban J connectivity index is 1.35. The highest BCUT2D eigenvalue weighted by Crippen LogP contribution is 2.27. The van der Waals surface area contributed by atoms with E-state index in [1.165, 1.54) is 17.7 Å². The number of rotatable bonds is 6. The number of nitrogens with zero attached hydrogens (tertiary/aromatic N) is 1. The van der Waals surface area contributed by atoms with Gasteiger partial charge < -0.3 is 15.0 Å². The van der Waals surface area contributed by atoms with Gasteiger partial charge in [-0.2, -0.15) is 0 Å². The lowest BCUT2D eigenvalue weighted by Crippen LogP contribution is -2.32. The van der Waals surface area contributed by atoms with Crippen molar-refractivity contribution in [1.82, 2.24) is 5.32 Å². The largest absolute Gasteiger partial charge is 0.457 e. The number of hydrogen-bond donors (Lipinski definition) is 1. The molecular weight excluding hydrogens is 407 g/mol. The molecule has 2 amide bonds. The molecule has 3 aromatic rings. The van der Waals surface area contributed by atoms with E-state index in [0.717, 1.165) is 16.8 Å². The predicted molar refractivity (Wildman–Crippen MR) is 121 cm³/mol. The molecule has 5 nitrogen and oxygen atoms in total. The van der Waals surface area contributed by atoms with E-state index in [1.54, 1.807) is 23.1 Å². The molecule has 1 N–H and O–H groups in total. The van der Waals surface area contributed by atoms with E-state index in [9.17, 15) is 14.0 Å². The van der Waals surface area contributed by atoms with Gasteiger partial charge in [-0.15, -0.1) is 0 Å². The maximum atomic E-state index is 13.1. The van der Waals surface area contributed by atoms with Gasteiger partial charge in [-0.1, -0.05) is 18.2 Å². The minimum absolute atomic E-state index is 0.0388. The normalized spacial score (nSPS) is 15.7. The zero-order chi connectivity index (χ0) is 22.7. The Morgan fingerprint density at radius 2 is 1.81 bits per heavy atom. The fourth-order valence-corrected chi connectivity index (χ4v) is 3.72. The third-order valence-electron chi connectivity index (χ3n) is 5.71. The van der Waals surface area contributed by atoms with Crippen LogP contribution in [0, 0.1) is 25.6 Å². The van der Waals surface area contributed by atoms with Crippen LogP contribution < -0.4 is 15.0 Å². The maximum absolute atomic E-state index is 13.1. The average molecular weight is 432 g/mol. The third-order valence-corrected chi connectivity index (χ3v) is 5.71. The van der Waals surface area contributed by atoms with Crippen molar-refractivity contribution in [3.63, 3.8) is 0 Å². The summed E-state index contributed by atoms with van der Waals surface area (Å²) < 4.78 is 18.8. The number of benzene rings is 3. The topological polar surface area (TPSA) is 58.6 Å². The first kappa shape index (κ1) is 21.6. The molecule has 6 heteroatoms. The highest BCUT2D eigenvalue weighted by Gasteiger charge is 2.35. The summed E-state index contributed by atoms with van der Waals surface area (Å²) in [5.74, 6) is 0.236. The molecule has 1 fully saturated rings. The van der Waals surface area contributed by atoms with Crippen LogP contribution >= 0.6 is 0 Å². The third kappa shape index (κ3) is 4.97. The van der Waals surface area contributed by atoms with Crippen LogP contribution in [0.2, 0.25) is 0 Å². The summed E-state index contributed by atoms with van der Waals surface area (Å²) in [7, 11) is 0. The molecule has 0 aliphatic carbocycles. The van der Waals surface area contributed by atoms with Crippen LogP contribution in [-0.4, -0.2) is 18.4 Å². The van der Waals surface area contributed by atoms with E-state index in [1.807, 2.05) is 50.2 Å². The molecule has 1 saturated heterocycles. The Morgan fingerprint density at radius 3 is 2.56 bits per heavy atom. The van der Waals surface area contributed by atoms with E-state index in [2.05, 4.69) is 5.32 Å². The molecular formula is C26H25FN2O3. The average Bonchev–Trinajstić information content (AvgIpc) is 3.17. The van der Waals surface area contributed by atoms with Crippen LogP contribution in [0.4, 0.5) is 10.1 Å². The van der Waals surface area contributed by atoms with Crippen molar-refractivity contribution in [3.8, 4) is 11.5 Å². The summed E-state index contributed by atoms with van der Waals surface area (Å²) >= 11 is 0. The van der Waals surface area contributed by atoms with E-state index in [4.69, 9.17) is 4.74 Å². The van der Waals surface area contributed by atoms with Gasteiger partial charge >= 0.3 is 0 Å². The molecule has 3 aromatic carbocycles. The summed E-state index contributed by atoms with van der Waals surface area (Å²) in [6.07, 6.45) is 0.201. The fourth-order valence-electron chi connectivity index (χ4n) is 3.72. The van der Waals surface area contributed by atoms with Gasteiger partial charge in [0.05, 0.1) is 5.92 Å². The van der Waals surface area contributed by atoms with Crippen molar-refractivity contribution in [2.24, 2.45) is 5.92 Å². The Kier molecular flexibility index (Phi) is 6.21. The van der Waals surface area contributed by atoms with Gasteiger partial charge in [-0.3, -0.25) is 9.59 Å². The first-order valence-corrected chi connectivity index (χ1v) is 10.6. The van der Waals surface area contributed by atoms with Gasteiger partial charge in [-0.05, 0) is 79.1 Å². The molecule has 0 aromatic heterocycles. The Morgan fingerprint density at radius 1 is 1.03 bits per heavy atom. The molecule has 0 saturated carbocycles. The van der Waals surface area contributed by atoms with Crippen LogP contribution in [0.25, 0.3) is 0 Å². The SMILES string of the molecule is Cc1ccc(N2CC(C(=O)NCc3cccc(Oc4ccc(F)cc4)c3)CC2=O)cc1C. The van der Waals surface area contributed by atoms with Crippen LogP contribution in [0.1, 0.15) is 23.1 Å². The van der Waals surface area contributed by atoms with Crippen molar-refractivity contribution in [1.29, 1.82) is 0 Å². The van der Waals surface area contributed by atoms with Gasteiger partial charge in [-0.25, -0.2) is 4.39 Å². The second-order valence-corrected chi connectivity index (χ2v) is 8.10. The summed E-state index contributed by atoms with van der Waals surface area (Å²) in [5.41, 5.74) is 3.98. The zero-order valence-corrected chi connectivity index (χ0v) is 18.1. The van der Waals surface area contributed by atoms with E-state index in [0.29, 0.717) is 24.6 Å². The fraction of sp³-hybridized carbons (Fsp3) is 0.231. The number of hydrogen-bond acceptors (Lipinski definition) is 3. The smallest absolute Gasteiger partial charge is 0.227 e. The second kappa shape index (κ2) is 9.22. The van der Waals surface area contributed by atoms with Crippen molar-refractivity contribution in [2.75, 3.05) is 11.4 Å². The summed E-state index contributed by atoms with van der Waals surface area (Å²) in [4.78, 5) is 26.9. The molecule has 32 heavy (non-hydrogen) atoms. The first-order valence-electron chi connectivity index (χ1n) is 10.6. The van der Waals surface area contributed by atoms with Gasteiger partial charge in [0, 0.05) is 25.2 Å². The molecule has 0 radical (unpaired) electrons. The number of anilines is 1. The number of nitrogens with one attached hydrogen (secondary N) is 1. The summed E-state index contributed by atoms with van der Waals surface area (Å²) in [6.45, 7) is 4.74. The molecule has 1 atom stereocenters. The Labute approximate surface area is 186 Å². The quantitative estimate of drug-likeness (QED) is 0.603. The number of ether oxygens (including phenoxy) is 1. The molecule has 1 heterocycles. The Bertz CT molecular complexity index is 1140. The van der Waals surface area contributed by atoms with Gasteiger partial charge in [0.25, 0.3) is 0 Å². The van der Waals surface area contributed by atoms with E-state index in [-0.39, 0.29) is 30.0 Å². The molecule has 4 rings (SSSR count). The van der Waals surface area contributed by atoms with Crippen molar-refractivity contribution < 1.29 is 18.7 Å². The standard InChI is InChI=1S/C26H25FN2O3/c1-17-6-9-22(12-18(17)2)29-16-20(14-25(29)30)26(31)28-15-19-4-3-5-24(13-19)32-23-10-7-21(27)8-11-23/h3-13,20H,14-16H2,1-2H3,(H,28,31). The number of carbonyl (C=O) groups excluding carboxylic acids is 2. The predicted octanol–water partition coefficient (Wildman–Crippen LogP) is 4.90. The van der Waals surface area contributed by atoms with Gasteiger partial charge in [0.15, 0.2) is 0 Å². The van der Waals surface area contributed by atoms with Crippen LogP contribution in [0.15, 0.2) is 66.7 Å². The number of carbonyl (C=O) groups is 2. The minimum Gasteiger partial charge on any atom is -0.457 e. The summed E-state index contributed by atoms with van der Waals surface area (Å²) in [5, 5.41) is 2.93. The van der Waals surface area contributed by atoms with Gasteiger partial charge in [0.1, 0.15) is 17.3 Å². The minimum atomic E-state index is -0.386. The molecule has 1 unspecified atom stereocenters. The number of halogens is 1. The number of aryl methyl sites for hydroxylation is 2. The second-order valence-electron chi connectivity index (χ2n) is 8.10. The molecule has 1 aliphatic rings. The van der Waals surface area contributed by atoms with E-state index >= 15 is 0 Å². The molecule has 0 bridgehead atoms. The summed E-state index contributed by atoms with van der Waals surface area (Å²) in [6, 6.07) is 19.0. The molecule has 164 valence electrons. The highest BCUT2D eigenvalue weighted by atomic mass is 19.1. The van der Waals surface area contributed by atoms with Crippen LogP contribution in [0.3, 0.4) is 0 Å². The first-order chi connectivity index (χ1) is 15.4. The van der Waals surface area contributed by atoms with Crippen molar-refractivity contribution in [2.45, 2.75) is 26.8 Å². The number of amides is 2. The molecule has 0 spiro atoms. The Hall–Kier alpha value is -3.67. The molecule has 1 aliphatic heterocycles. The lowest BCUT2D eigenvalue weighted by molar-refractivity contribution is -0.126. The zero-order valence-electron chi connectivity index (χ0n) is 18.1.